The van der Waals surface area contributed by atoms with Crippen molar-refractivity contribution in [3.63, 3.8) is 0 Å². The maximum Gasteiger partial charge on any atom is 0.410 e. The predicted molar refractivity (Wildman–Crippen MR) is 126 cm³/mol. The smallest absolute Gasteiger partial charge is 0.410 e. The predicted octanol–water partition coefficient (Wildman–Crippen LogP) is 2.11. The van der Waals surface area contributed by atoms with Crippen LogP contribution in [0.5, 0.6) is 0 Å². The fraction of sp³-hybridized carbons (Fsp3) is 0.680. The standard InChI is InChI=1S/C25H37N3O6/c1-6-20(14-22(30)33-7-2)26-23(31)19-11-9-13-27(17-19)21(29)12-8-10-18-15-28(16-18)24(32)34-25(3,4)5/h1,8,12,18-20H,7,9-11,13-17H2,2-5H3,(H,26,31)/b12-8+/t19-,20?/m1/s1. The summed E-state index contributed by atoms with van der Waals surface area (Å²) in [5.41, 5.74) is -0.514. The summed E-state index contributed by atoms with van der Waals surface area (Å²) in [6, 6.07) is -0.736. The Balaban J connectivity index is 1.75. The normalized spacial score (nSPS) is 19.7. The average Bonchev–Trinajstić information content (AvgIpc) is 2.73. The van der Waals surface area contributed by atoms with Crippen molar-refractivity contribution in [3.8, 4) is 12.3 Å². The molecule has 2 saturated heterocycles. The number of amides is 3. The van der Waals surface area contributed by atoms with Crippen molar-refractivity contribution in [1.82, 2.24) is 15.1 Å². The Labute approximate surface area is 202 Å². The Kier molecular flexibility index (Phi) is 9.97. The molecule has 0 aromatic heterocycles. The summed E-state index contributed by atoms with van der Waals surface area (Å²) >= 11 is 0. The van der Waals surface area contributed by atoms with Crippen molar-refractivity contribution in [1.29, 1.82) is 0 Å². The van der Waals surface area contributed by atoms with Crippen molar-refractivity contribution >= 4 is 23.9 Å². The second-order valence-electron chi connectivity index (χ2n) is 9.75. The van der Waals surface area contributed by atoms with Crippen LogP contribution in [0, 0.1) is 24.2 Å². The molecule has 2 aliphatic heterocycles. The number of nitrogens with one attached hydrogen (secondary N) is 1. The molecule has 0 saturated carbocycles. The molecule has 1 N–H and O–H groups in total. The lowest BCUT2D eigenvalue weighted by atomic mass is 9.95. The quantitative estimate of drug-likeness (QED) is 0.328. The summed E-state index contributed by atoms with van der Waals surface area (Å²) < 4.78 is 10.2. The van der Waals surface area contributed by atoms with E-state index in [0.717, 1.165) is 0 Å². The fourth-order valence-corrected chi connectivity index (χ4v) is 3.88. The van der Waals surface area contributed by atoms with Gasteiger partial charge in [0.05, 0.1) is 18.9 Å². The van der Waals surface area contributed by atoms with Gasteiger partial charge in [0, 0.05) is 26.2 Å². The number of ether oxygens (including phenoxy) is 2. The molecule has 9 heteroatoms. The van der Waals surface area contributed by atoms with Crippen LogP contribution in [0.25, 0.3) is 0 Å². The average molecular weight is 476 g/mol. The minimum Gasteiger partial charge on any atom is -0.466 e. The molecule has 0 radical (unpaired) electrons. The van der Waals surface area contributed by atoms with E-state index in [1.54, 1.807) is 22.8 Å². The Bertz CT molecular complexity index is 819. The highest BCUT2D eigenvalue weighted by Crippen LogP contribution is 2.23. The van der Waals surface area contributed by atoms with Gasteiger partial charge in [-0.25, -0.2) is 4.79 Å². The first-order valence-electron chi connectivity index (χ1n) is 11.9. The third-order valence-electron chi connectivity index (χ3n) is 5.64. The van der Waals surface area contributed by atoms with Crippen molar-refractivity contribution in [2.75, 3.05) is 32.8 Å². The monoisotopic (exact) mass is 475 g/mol. The third-order valence-corrected chi connectivity index (χ3v) is 5.64. The Morgan fingerprint density at radius 3 is 2.50 bits per heavy atom. The number of piperidine rings is 1. The van der Waals surface area contributed by atoms with Crippen LogP contribution in [0.4, 0.5) is 4.79 Å². The van der Waals surface area contributed by atoms with E-state index in [1.807, 2.05) is 26.8 Å². The molecule has 1 unspecified atom stereocenters. The SMILES string of the molecule is C#CC(CC(=O)OCC)NC(=O)[C@@H]1CCCN(C(=O)/C=C/CC2CN(C(=O)OC(C)(C)C)C2)C1. The molecule has 0 aromatic carbocycles. The second-order valence-corrected chi connectivity index (χ2v) is 9.75. The molecule has 0 aliphatic carbocycles. The molecule has 3 amide bonds. The van der Waals surface area contributed by atoms with Crippen molar-refractivity contribution in [2.45, 2.75) is 65.0 Å². The number of esters is 1. The zero-order valence-corrected chi connectivity index (χ0v) is 20.7. The third kappa shape index (κ3) is 8.73. The lowest BCUT2D eigenvalue weighted by Gasteiger charge is -2.39. The maximum absolute atomic E-state index is 12.6. The number of nitrogens with zero attached hydrogens (tertiary/aromatic N) is 2. The minimum absolute atomic E-state index is 0.0826. The van der Waals surface area contributed by atoms with Gasteiger partial charge in [0.15, 0.2) is 0 Å². The number of carbonyl (C=O) groups excluding carboxylic acids is 4. The summed E-state index contributed by atoms with van der Waals surface area (Å²) in [6.45, 7) is 9.58. The largest absolute Gasteiger partial charge is 0.466 e. The topological polar surface area (TPSA) is 105 Å². The Morgan fingerprint density at radius 1 is 1.18 bits per heavy atom. The first-order valence-corrected chi connectivity index (χ1v) is 11.9. The highest BCUT2D eigenvalue weighted by Gasteiger charge is 2.33. The maximum atomic E-state index is 12.6. The van der Waals surface area contributed by atoms with Gasteiger partial charge in [0.1, 0.15) is 11.6 Å². The lowest BCUT2D eigenvalue weighted by molar-refractivity contribution is -0.143. The van der Waals surface area contributed by atoms with E-state index < -0.39 is 17.6 Å². The van der Waals surface area contributed by atoms with Gasteiger partial charge in [-0.15, -0.1) is 6.42 Å². The molecule has 9 nitrogen and oxygen atoms in total. The molecular weight excluding hydrogens is 438 g/mol. The summed E-state index contributed by atoms with van der Waals surface area (Å²) in [7, 11) is 0. The molecule has 0 aromatic rings. The number of rotatable bonds is 8. The van der Waals surface area contributed by atoms with E-state index in [0.29, 0.717) is 51.4 Å². The zero-order chi connectivity index (χ0) is 25.3. The van der Waals surface area contributed by atoms with Crippen molar-refractivity contribution in [2.24, 2.45) is 11.8 Å². The van der Waals surface area contributed by atoms with E-state index in [4.69, 9.17) is 15.9 Å². The van der Waals surface area contributed by atoms with Gasteiger partial charge in [0.2, 0.25) is 11.8 Å². The van der Waals surface area contributed by atoms with Crippen LogP contribution < -0.4 is 5.32 Å². The molecule has 188 valence electrons. The highest BCUT2D eigenvalue weighted by atomic mass is 16.6. The second kappa shape index (κ2) is 12.4. The molecule has 2 heterocycles. The molecule has 2 fully saturated rings. The fourth-order valence-electron chi connectivity index (χ4n) is 3.88. The minimum atomic E-state index is -0.736. The van der Waals surface area contributed by atoms with Crippen LogP contribution in [-0.4, -0.2) is 78.1 Å². The molecule has 2 rings (SSSR count). The lowest BCUT2D eigenvalue weighted by Crippen LogP contribution is -2.51. The number of hydrogen-bond acceptors (Lipinski definition) is 6. The molecule has 0 spiro atoms. The van der Waals surface area contributed by atoms with Crippen molar-refractivity contribution in [3.05, 3.63) is 12.2 Å². The van der Waals surface area contributed by atoms with E-state index in [-0.39, 0.29) is 36.9 Å². The number of likely N-dealkylation sites (tertiary alicyclic amines) is 2. The van der Waals surface area contributed by atoms with Gasteiger partial charge in [-0.2, -0.15) is 0 Å². The van der Waals surface area contributed by atoms with E-state index in [9.17, 15) is 19.2 Å². The molecule has 0 bridgehead atoms. The van der Waals surface area contributed by atoms with Crippen LogP contribution in [0.2, 0.25) is 0 Å². The van der Waals surface area contributed by atoms with Gasteiger partial charge in [-0.05, 0) is 59.0 Å². The van der Waals surface area contributed by atoms with Crippen LogP contribution >= 0.6 is 0 Å². The molecular formula is C25H37N3O6. The summed E-state index contributed by atoms with van der Waals surface area (Å²) in [5.74, 6) is 1.48. The van der Waals surface area contributed by atoms with E-state index in [1.165, 1.54) is 0 Å². The number of terminal acetylenes is 1. The first kappa shape index (κ1) is 27.2. The van der Waals surface area contributed by atoms with Crippen molar-refractivity contribution < 1.29 is 28.7 Å². The van der Waals surface area contributed by atoms with E-state index in [2.05, 4.69) is 11.2 Å². The molecule has 2 atom stereocenters. The van der Waals surface area contributed by atoms with Crippen LogP contribution in [0.15, 0.2) is 12.2 Å². The highest BCUT2D eigenvalue weighted by molar-refractivity contribution is 5.88. The van der Waals surface area contributed by atoms with Crippen LogP contribution in [0.1, 0.15) is 53.4 Å². The van der Waals surface area contributed by atoms with Gasteiger partial charge in [-0.1, -0.05) is 12.0 Å². The first-order chi connectivity index (χ1) is 16.0. The van der Waals surface area contributed by atoms with Gasteiger partial charge >= 0.3 is 12.1 Å². The van der Waals surface area contributed by atoms with Crippen LogP contribution in [0.3, 0.4) is 0 Å². The summed E-state index contributed by atoms with van der Waals surface area (Å²) in [5, 5.41) is 2.71. The summed E-state index contributed by atoms with van der Waals surface area (Å²) in [4.78, 5) is 52.2. The molecule has 2 aliphatic rings. The Morgan fingerprint density at radius 2 is 1.88 bits per heavy atom. The van der Waals surface area contributed by atoms with Crippen LogP contribution in [-0.2, 0) is 23.9 Å². The van der Waals surface area contributed by atoms with Gasteiger partial charge < -0.3 is 24.6 Å². The Hall–Kier alpha value is -3.02. The zero-order valence-electron chi connectivity index (χ0n) is 20.7. The van der Waals surface area contributed by atoms with Gasteiger partial charge in [0.25, 0.3) is 0 Å². The molecule has 34 heavy (non-hydrogen) atoms. The number of hydrogen-bond donors (Lipinski definition) is 1. The number of carbonyl (C=O) groups is 4. The van der Waals surface area contributed by atoms with E-state index >= 15 is 0 Å². The summed E-state index contributed by atoms with van der Waals surface area (Å²) in [6.07, 6.45) is 10.5. The number of allylic oxidation sites excluding steroid dienone is 1. The van der Waals surface area contributed by atoms with Gasteiger partial charge in [-0.3, -0.25) is 14.4 Å².